The smallest absolute Gasteiger partial charge is 0.356 e. The third-order valence-corrected chi connectivity index (χ3v) is 15.0. The number of hydrogen-bond acceptors (Lipinski definition) is 12. The summed E-state index contributed by atoms with van der Waals surface area (Å²) < 4.78 is 110. The van der Waals surface area contributed by atoms with Gasteiger partial charge in [0, 0.05) is 223 Å². The number of rotatable bonds is 10. The zero-order chi connectivity index (χ0) is 79.4. The molecule has 19 nitrogen and oxygen atoms in total. The molecule has 0 saturated heterocycles. The van der Waals surface area contributed by atoms with E-state index < -0.39 is 70.1 Å². The maximum atomic E-state index is 13.8. The molecule has 8 aromatic heterocycles. The Labute approximate surface area is 719 Å². The summed E-state index contributed by atoms with van der Waals surface area (Å²) in [6.45, 7) is 16.5. The summed E-state index contributed by atoms with van der Waals surface area (Å²) >= 11 is 0. The van der Waals surface area contributed by atoms with Gasteiger partial charge in [-0.2, -0.15) is 15.3 Å². The normalized spacial score (nSPS) is 9.72. The first kappa shape index (κ1) is 99.6. The average molecular weight is 2440 g/mol. The van der Waals surface area contributed by atoms with Crippen LogP contribution >= 0.6 is 0 Å². The Kier molecular flexibility index (Phi) is 43.0. The summed E-state index contributed by atoms with van der Waals surface area (Å²) in [6.07, 6.45) is 8.10. The molecule has 0 fully saturated rings. The van der Waals surface area contributed by atoms with Crippen LogP contribution in [0.25, 0.3) is 71.9 Å². The van der Waals surface area contributed by atoms with E-state index >= 15 is 0 Å². The first-order valence-electron chi connectivity index (χ1n) is 32.3. The second-order valence-electron chi connectivity index (χ2n) is 23.1. The molecule has 0 saturated carbocycles. The molecule has 0 bridgehead atoms. The van der Waals surface area contributed by atoms with Gasteiger partial charge in [-0.3, -0.25) is 54.0 Å². The number of benzene rings is 6. The van der Waals surface area contributed by atoms with Gasteiger partial charge in [-0.1, -0.05) is 101 Å². The van der Waals surface area contributed by atoms with Crippen molar-refractivity contribution in [2.75, 3.05) is 7.05 Å². The van der Waals surface area contributed by atoms with Gasteiger partial charge in [0.1, 0.15) is 0 Å². The fraction of sp³-hybridized carbons (Fsp3) is 0.122. The van der Waals surface area contributed by atoms with Crippen molar-refractivity contribution in [2.24, 2.45) is 21.1 Å². The molecular weight excluding hydrogens is 2380 g/mol. The van der Waals surface area contributed by atoms with E-state index in [-0.39, 0.29) is 140 Å². The van der Waals surface area contributed by atoms with Crippen LogP contribution in [0.1, 0.15) is 65.2 Å². The second kappa shape index (κ2) is 49.2. The number of fused-ring (bicyclic) bond motifs is 1. The number of carboxylic acids is 3. The van der Waals surface area contributed by atoms with Gasteiger partial charge in [-0.15, -0.1) is 90.0 Å². The molecule has 0 spiro atoms. The predicted molar refractivity (Wildman–Crippen MR) is 393 cm³/mol. The van der Waals surface area contributed by atoms with Crippen LogP contribution < -0.4 is 5.32 Å². The zero-order valence-electron chi connectivity index (χ0n) is 61.4. The second-order valence-corrected chi connectivity index (χ2v) is 23.1. The molecule has 32 heteroatoms. The Morgan fingerprint density at radius 2 is 0.842 bits per heavy atom. The van der Waals surface area contributed by atoms with Gasteiger partial charge in [0.05, 0.1) is 6.57 Å². The fourth-order valence-corrected chi connectivity index (χ4v) is 9.35. The Morgan fingerprint density at radius 3 is 1.23 bits per heavy atom. The topological polar surface area (TPSA) is 246 Å². The number of aryl methyl sites for hydroxylation is 8. The van der Waals surface area contributed by atoms with Gasteiger partial charge in [-0.05, 0) is 135 Å². The molecule has 6 aromatic carbocycles. The first-order chi connectivity index (χ1) is 52.0. The molecule has 0 unspecified atom stereocenters. The average Bonchev–Trinajstić information content (AvgIpc) is 1.17. The summed E-state index contributed by atoms with van der Waals surface area (Å²) in [4.78, 5) is 54.1. The number of hydrogen-bond donors (Lipinski definition) is 4. The fourth-order valence-electron chi connectivity index (χ4n) is 9.35. The molecule has 8 heterocycles. The number of aromatic nitrogens is 11. The number of carboxylic acid groups (broad SMARTS) is 3. The maximum Gasteiger partial charge on any atom is 0.356 e. The summed E-state index contributed by atoms with van der Waals surface area (Å²) in [5.74, 6) is -8.64. The monoisotopic (exact) mass is 2450 g/mol. The third-order valence-electron chi connectivity index (χ3n) is 15.0. The molecule has 114 heavy (non-hydrogen) atoms. The standard InChI is InChI=1S/C15H10N.C13H7F2N2.C13H11F2N2.C12H8F2N.C11H6F2N.3C6H8N2O2.5Ir/c1-2-7-13(8-3-1)15-14-9-5-4-6-12(14)10-11-16-15;1-8-5-6-17-11(7-8)9-3-4-10(14)13(16-2)12(9)15;1-16-8-9-4-5-17-13(6-9)11-3-2-10(14)7-12(11)15;1-8-4-5-15-12(6-8)10-3-2-9(13)7-11(10)14;12-8-4-5-9(10(13)7-8)11-3-1-2-6-14-11;3*1-4-3-5(6(9)10)7-8(4)2;;;;;/h1-7,9-11H;4-7H,1H3;2,4-7,16H,8H2,1H3;2,4-7H,1H3;1-4,6-7H;3*3H,1-2H3,(H,9,10);;;;;/q5*-1;;;;;;;;. The predicted octanol–water partition coefficient (Wildman–Crippen LogP) is 17.2. The van der Waals surface area contributed by atoms with Gasteiger partial charge in [0.25, 0.3) is 0 Å². The van der Waals surface area contributed by atoms with Gasteiger partial charge in [0.15, 0.2) is 22.8 Å². The Bertz CT molecular complexity index is 5320. The number of nitrogens with one attached hydrogen (secondary N) is 1. The molecule has 5 radical (unpaired) electrons. The molecule has 0 aliphatic rings. The Hall–Kier alpha value is -10.5. The van der Waals surface area contributed by atoms with E-state index in [1.54, 1.807) is 103 Å². The molecule has 4 N–H and O–H groups in total. The molecule has 14 aromatic rings. The van der Waals surface area contributed by atoms with Gasteiger partial charge in [-0.25, -0.2) is 14.4 Å². The minimum Gasteiger partial charge on any atom is -0.476 e. The van der Waals surface area contributed by atoms with E-state index in [9.17, 15) is 49.5 Å². The van der Waals surface area contributed by atoms with Crippen molar-refractivity contribution in [3.8, 4) is 56.3 Å². The zero-order valence-corrected chi connectivity index (χ0v) is 73.4. The summed E-state index contributed by atoms with van der Waals surface area (Å²) in [5.41, 5.74) is 9.38. The van der Waals surface area contributed by atoms with Crippen LogP contribution in [-0.4, -0.2) is 94.5 Å². The number of halogens is 8. The molecule has 14 rings (SSSR count). The van der Waals surface area contributed by atoms with Crippen LogP contribution in [0.2, 0.25) is 0 Å². The van der Waals surface area contributed by atoms with E-state index in [0.29, 0.717) is 29.3 Å². The van der Waals surface area contributed by atoms with Crippen LogP contribution in [0.3, 0.4) is 0 Å². The van der Waals surface area contributed by atoms with E-state index in [4.69, 9.17) is 21.9 Å². The van der Waals surface area contributed by atoms with Crippen LogP contribution in [0.5, 0.6) is 0 Å². The molecule has 0 amide bonds. The van der Waals surface area contributed by atoms with E-state index in [2.05, 4.69) is 92.8 Å². The molecular formula is C82H66F8Ir5N13O6-5. The SMILES string of the molecule is CNCc1ccnc(-c2[c-]cc(F)cc2F)c1.Cc1cc(C(=O)O)nn1C.Cc1cc(C(=O)O)nn1C.Cc1cc(C(=O)O)nn1C.Cc1ccnc(-c2[c-]cc(F)cc2F)c1.Fc1c[c-]c(-c2ccccn2)c(F)c1.[C-]#[N+]c1c(F)c[c-]c(-c2cc(C)ccn2)c1F.[Ir].[Ir].[Ir].[Ir].[Ir].[c-]1ccccc1-c1nccc2ccccc12. The van der Waals surface area contributed by atoms with Gasteiger partial charge < -0.3 is 45.6 Å². The summed E-state index contributed by atoms with van der Waals surface area (Å²) in [5, 5.41) is 41.9. The number of aromatic carboxylic acids is 3. The van der Waals surface area contributed by atoms with Crippen LogP contribution in [0.4, 0.5) is 40.8 Å². The summed E-state index contributed by atoms with van der Waals surface area (Å²) in [7, 11) is 6.95. The van der Waals surface area contributed by atoms with E-state index in [1.807, 2.05) is 81.7 Å². The van der Waals surface area contributed by atoms with E-state index in [1.165, 1.54) is 49.2 Å². The molecule has 601 valence electrons. The largest absolute Gasteiger partial charge is 0.476 e. The molecule has 0 aliphatic heterocycles. The van der Waals surface area contributed by atoms with Crippen molar-refractivity contribution in [1.29, 1.82) is 0 Å². The minimum absolute atomic E-state index is 0. The van der Waals surface area contributed by atoms with Crippen LogP contribution in [0.15, 0.2) is 201 Å². The van der Waals surface area contributed by atoms with Crippen LogP contribution in [-0.2, 0) is 128 Å². The van der Waals surface area contributed by atoms with Crippen LogP contribution in [0, 0.1) is 118 Å². The van der Waals surface area contributed by atoms with Gasteiger partial charge in [0.2, 0.25) is 0 Å². The number of nitrogens with zero attached hydrogens (tertiary/aromatic N) is 12. The van der Waals surface area contributed by atoms with Crippen molar-refractivity contribution >= 4 is 34.4 Å². The van der Waals surface area contributed by atoms with Crippen molar-refractivity contribution in [3.63, 3.8) is 0 Å². The number of pyridine rings is 5. The quantitative estimate of drug-likeness (QED) is 0.0734. The minimum atomic E-state index is -0.983. The van der Waals surface area contributed by atoms with Gasteiger partial charge >= 0.3 is 17.9 Å². The van der Waals surface area contributed by atoms with Crippen molar-refractivity contribution in [2.45, 2.75) is 41.2 Å². The van der Waals surface area contributed by atoms with Crippen molar-refractivity contribution in [3.05, 3.63) is 340 Å². The summed E-state index contributed by atoms with van der Waals surface area (Å²) in [6, 6.07) is 58.5. The molecule has 0 atom stereocenters. The Balaban J connectivity index is 0.000000443. The van der Waals surface area contributed by atoms with E-state index in [0.717, 1.165) is 87.5 Å². The maximum absolute atomic E-state index is 13.8. The molecule has 0 aliphatic carbocycles. The van der Waals surface area contributed by atoms with Crippen molar-refractivity contribution < 1.29 is 165 Å². The third kappa shape index (κ3) is 29.8. The van der Waals surface area contributed by atoms with Crippen molar-refractivity contribution in [1.82, 2.24) is 59.6 Å². The Morgan fingerprint density at radius 1 is 0.439 bits per heavy atom. The first-order valence-corrected chi connectivity index (χ1v) is 32.3. The number of carbonyl (C=O) groups is 3.